The Bertz CT molecular complexity index is 1010. The topological polar surface area (TPSA) is 64.6 Å². The molecule has 3 rings (SSSR count). The van der Waals surface area contributed by atoms with E-state index in [1.807, 2.05) is 18.2 Å². The van der Waals surface area contributed by atoms with Crippen LogP contribution in [0.5, 0.6) is 11.5 Å². The molecule has 0 aliphatic carbocycles. The van der Waals surface area contributed by atoms with Gasteiger partial charge < -0.3 is 14.8 Å². The minimum Gasteiger partial charge on any atom is -0.479 e. The molecule has 29 heavy (non-hydrogen) atoms. The van der Waals surface area contributed by atoms with E-state index in [0.29, 0.717) is 32.8 Å². The van der Waals surface area contributed by atoms with E-state index < -0.39 is 12.1 Å². The first kappa shape index (κ1) is 20.7. The van der Waals surface area contributed by atoms with Crippen molar-refractivity contribution < 1.29 is 19.1 Å². The SMILES string of the molecule is CC(Oc1ccccc1)C(=O)Oc1ccc(C(=O)Nc2cc(Cl)ccc2Cl)cc1. The van der Waals surface area contributed by atoms with E-state index >= 15 is 0 Å². The molecule has 0 radical (unpaired) electrons. The third-order valence-electron chi connectivity index (χ3n) is 3.90. The zero-order chi connectivity index (χ0) is 20.8. The number of halogens is 2. The molecule has 0 saturated carbocycles. The Morgan fingerprint density at radius 2 is 1.59 bits per heavy atom. The summed E-state index contributed by atoms with van der Waals surface area (Å²) in [6.07, 6.45) is -0.787. The van der Waals surface area contributed by atoms with E-state index in [2.05, 4.69) is 5.32 Å². The summed E-state index contributed by atoms with van der Waals surface area (Å²) in [5.41, 5.74) is 0.779. The lowest BCUT2D eigenvalue weighted by atomic mass is 10.2. The van der Waals surface area contributed by atoms with E-state index in [1.54, 1.807) is 49.4 Å². The summed E-state index contributed by atoms with van der Waals surface area (Å²) >= 11 is 12.0. The van der Waals surface area contributed by atoms with Crippen LogP contribution in [0.2, 0.25) is 10.0 Å². The highest BCUT2D eigenvalue weighted by Gasteiger charge is 2.17. The number of nitrogens with one attached hydrogen (secondary N) is 1. The number of para-hydroxylation sites is 1. The Balaban J connectivity index is 1.60. The highest BCUT2D eigenvalue weighted by atomic mass is 35.5. The predicted octanol–water partition coefficient (Wildman–Crippen LogP) is 5.62. The molecule has 0 aliphatic heterocycles. The van der Waals surface area contributed by atoms with Crippen LogP contribution in [0.15, 0.2) is 72.8 Å². The van der Waals surface area contributed by atoms with Crippen LogP contribution in [-0.4, -0.2) is 18.0 Å². The molecule has 0 bridgehead atoms. The fraction of sp³-hybridized carbons (Fsp3) is 0.0909. The second-order valence-electron chi connectivity index (χ2n) is 6.10. The van der Waals surface area contributed by atoms with Crippen LogP contribution in [-0.2, 0) is 4.79 Å². The number of carbonyl (C=O) groups is 2. The average molecular weight is 430 g/mol. The van der Waals surface area contributed by atoms with Crippen LogP contribution in [0.3, 0.4) is 0 Å². The number of rotatable bonds is 6. The van der Waals surface area contributed by atoms with Gasteiger partial charge in [-0.1, -0.05) is 41.4 Å². The molecule has 7 heteroatoms. The number of esters is 1. The summed E-state index contributed by atoms with van der Waals surface area (Å²) in [6, 6.07) is 19.9. The molecule has 3 aromatic carbocycles. The minimum absolute atomic E-state index is 0.302. The standard InChI is InChI=1S/C22H17Cl2NO4/c1-14(28-17-5-3-2-4-6-17)22(27)29-18-10-7-15(8-11-18)21(26)25-20-13-16(23)9-12-19(20)24/h2-14H,1H3,(H,25,26). The molecule has 0 aromatic heterocycles. The van der Waals surface area contributed by atoms with Gasteiger partial charge in [0.15, 0.2) is 6.10 Å². The molecule has 148 valence electrons. The molecule has 0 aliphatic rings. The fourth-order valence-electron chi connectivity index (χ4n) is 2.41. The van der Waals surface area contributed by atoms with Gasteiger partial charge in [0.2, 0.25) is 0 Å². The predicted molar refractivity (Wildman–Crippen MR) is 113 cm³/mol. The van der Waals surface area contributed by atoms with E-state index in [1.165, 1.54) is 12.1 Å². The largest absolute Gasteiger partial charge is 0.479 e. The maximum Gasteiger partial charge on any atom is 0.352 e. The Labute approximate surface area is 178 Å². The number of benzene rings is 3. The number of hydrogen-bond donors (Lipinski definition) is 1. The first-order valence-electron chi connectivity index (χ1n) is 8.72. The molecular formula is C22H17Cl2NO4. The highest BCUT2D eigenvalue weighted by Crippen LogP contribution is 2.26. The van der Waals surface area contributed by atoms with Gasteiger partial charge in [-0.3, -0.25) is 4.79 Å². The smallest absolute Gasteiger partial charge is 0.352 e. The maximum absolute atomic E-state index is 12.4. The van der Waals surface area contributed by atoms with Crippen LogP contribution >= 0.6 is 23.2 Å². The Morgan fingerprint density at radius 3 is 2.28 bits per heavy atom. The molecule has 1 amide bonds. The molecule has 1 unspecified atom stereocenters. The van der Waals surface area contributed by atoms with Gasteiger partial charge in [0, 0.05) is 10.6 Å². The van der Waals surface area contributed by atoms with Gasteiger partial charge in [0.05, 0.1) is 10.7 Å². The molecular weight excluding hydrogens is 413 g/mol. The summed E-state index contributed by atoms with van der Waals surface area (Å²) in [7, 11) is 0. The quantitative estimate of drug-likeness (QED) is 0.407. The second-order valence-corrected chi connectivity index (χ2v) is 6.94. The van der Waals surface area contributed by atoms with E-state index in [0.717, 1.165) is 0 Å². The van der Waals surface area contributed by atoms with Gasteiger partial charge in [-0.15, -0.1) is 0 Å². The number of carbonyl (C=O) groups excluding carboxylic acids is 2. The lowest BCUT2D eigenvalue weighted by Crippen LogP contribution is -2.28. The van der Waals surface area contributed by atoms with E-state index in [-0.39, 0.29) is 5.91 Å². The summed E-state index contributed by atoms with van der Waals surface area (Å²) < 4.78 is 10.8. The molecule has 0 fully saturated rings. The van der Waals surface area contributed by atoms with Crippen LogP contribution in [0.4, 0.5) is 5.69 Å². The van der Waals surface area contributed by atoms with Gasteiger partial charge >= 0.3 is 5.97 Å². The third kappa shape index (κ3) is 5.73. The van der Waals surface area contributed by atoms with Crippen molar-refractivity contribution in [3.8, 4) is 11.5 Å². The number of ether oxygens (including phenoxy) is 2. The molecule has 0 spiro atoms. The van der Waals surface area contributed by atoms with Crippen molar-refractivity contribution in [1.82, 2.24) is 0 Å². The van der Waals surface area contributed by atoms with Gasteiger partial charge in [0.1, 0.15) is 11.5 Å². The zero-order valence-electron chi connectivity index (χ0n) is 15.4. The minimum atomic E-state index is -0.787. The first-order chi connectivity index (χ1) is 13.9. The summed E-state index contributed by atoms with van der Waals surface area (Å²) in [5.74, 6) is -0.0379. The summed E-state index contributed by atoms with van der Waals surface area (Å²) in [6.45, 7) is 1.60. The van der Waals surface area contributed by atoms with Gasteiger partial charge in [0.25, 0.3) is 5.91 Å². The molecule has 0 heterocycles. The number of amides is 1. The maximum atomic E-state index is 12.4. The lowest BCUT2D eigenvalue weighted by molar-refractivity contribution is -0.141. The van der Waals surface area contributed by atoms with Gasteiger partial charge in [-0.05, 0) is 61.5 Å². The van der Waals surface area contributed by atoms with Crippen molar-refractivity contribution >= 4 is 40.8 Å². The van der Waals surface area contributed by atoms with Crippen LogP contribution in [0.25, 0.3) is 0 Å². The van der Waals surface area contributed by atoms with Crippen molar-refractivity contribution in [3.05, 3.63) is 88.4 Å². The second kappa shape index (κ2) is 9.45. The number of anilines is 1. The van der Waals surface area contributed by atoms with Gasteiger partial charge in [-0.2, -0.15) is 0 Å². The molecule has 0 saturated heterocycles. The van der Waals surface area contributed by atoms with Crippen LogP contribution < -0.4 is 14.8 Å². The molecule has 1 atom stereocenters. The Kier molecular flexibility index (Phi) is 6.75. The van der Waals surface area contributed by atoms with Crippen LogP contribution in [0, 0.1) is 0 Å². The van der Waals surface area contributed by atoms with E-state index in [9.17, 15) is 9.59 Å². The molecule has 1 N–H and O–H groups in total. The highest BCUT2D eigenvalue weighted by molar-refractivity contribution is 6.35. The molecule has 5 nitrogen and oxygen atoms in total. The monoisotopic (exact) mass is 429 g/mol. The third-order valence-corrected chi connectivity index (χ3v) is 4.46. The summed E-state index contributed by atoms with van der Waals surface area (Å²) in [5, 5.41) is 3.52. The normalized spacial score (nSPS) is 11.4. The van der Waals surface area contributed by atoms with E-state index in [4.69, 9.17) is 32.7 Å². The zero-order valence-corrected chi connectivity index (χ0v) is 16.9. The van der Waals surface area contributed by atoms with Gasteiger partial charge in [-0.25, -0.2) is 4.79 Å². The van der Waals surface area contributed by atoms with Crippen LogP contribution in [0.1, 0.15) is 17.3 Å². The Hall–Kier alpha value is -3.02. The average Bonchev–Trinajstić information content (AvgIpc) is 2.72. The van der Waals surface area contributed by atoms with Crippen molar-refractivity contribution in [2.24, 2.45) is 0 Å². The van der Waals surface area contributed by atoms with Crippen molar-refractivity contribution in [2.75, 3.05) is 5.32 Å². The molecule has 3 aromatic rings. The Morgan fingerprint density at radius 1 is 0.897 bits per heavy atom. The first-order valence-corrected chi connectivity index (χ1v) is 9.48. The number of hydrogen-bond acceptors (Lipinski definition) is 4. The fourth-order valence-corrected chi connectivity index (χ4v) is 2.75. The van der Waals surface area contributed by atoms with Crippen molar-refractivity contribution in [2.45, 2.75) is 13.0 Å². The van der Waals surface area contributed by atoms with Crippen molar-refractivity contribution in [3.63, 3.8) is 0 Å². The lowest BCUT2D eigenvalue weighted by Gasteiger charge is -2.14. The summed E-state index contributed by atoms with van der Waals surface area (Å²) in [4.78, 5) is 24.6. The van der Waals surface area contributed by atoms with Crippen molar-refractivity contribution in [1.29, 1.82) is 0 Å².